The Morgan fingerprint density at radius 3 is 2.97 bits per heavy atom. The summed E-state index contributed by atoms with van der Waals surface area (Å²) in [6.07, 6.45) is 2.45. The van der Waals surface area contributed by atoms with Gasteiger partial charge in [-0.05, 0) is 32.8 Å². The highest BCUT2D eigenvalue weighted by molar-refractivity contribution is 5.80. The van der Waals surface area contributed by atoms with Gasteiger partial charge in [-0.15, -0.1) is 10.2 Å². The number of benzene rings is 1. The first-order chi connectivity index (χ1) is 14.1. The Labute approximate surface area is 171 Å². The molecule has 8 heteroatoms. The first-order valence-corrected chi connectivity index (χ1v) is 10.3. The van der Waals surface area contributed by atoms with E-state index in [4.69, 9.17) is 14.5 Å². The van der Waals surface area contributed by atoms with Crippen molar-refractivity contribution in [1.29, 1.82) is 0 Å². The maximum atomic E-state index is 5.86. The fraction of sp³-hybridized carbons (Fsp3) is 0.571. The Balaban J connectivity index is 1.45. The van der Waals surface area contributed by atoms with Crippen LogP contribution in [0.5, 0.6) is 5.75 Å². The molecule has 1 fully saturated rings. The summed E-state index contributed by atoms with van der Waals surface area (Å²) in [5.74, 6) is 3.73. The van der Waals surface area contributed by atoms with Gasteiger partial charge in [-0.2, -0.15) is 0 Å². The highest BCUT2D eigenvalue weighted by Crippen LogP contribution is 2.35. The van der Waals surface area contributed by atoms with Gasteiger partial charge in [-0.3, -0.25) is 0 Å². The van der Waals surface area contributed by atoms with Gasteiger partial charge in [-0.1, -0.05) is 18.2 Å². The third kappa shape index (κ3) is 4.53. The molecule has 0 saturated carbocycles. The van der Waals surface area contributed by atoms with Crippen molar-refractivity contribution >= 4 is 5.96 Å². The number of aromatic nitrogens is 3. The average Bonchev–Trinajstić information content (AvgIpc) is 3.46. The lowest BCUT2D eigenvalue weighted by Crippen LogP contribution is -2.47. The van der Waals surface area contributed by atoms with Crippen LogP contribution in [0.25, 0.3) is 0 Å². The Morgan fingerprint density at radius 2 is 2.21 bits per heavy atom. The van der Waals surface area contributed by atoms with Gasteiger partial charge >= 0.3 is 0 Å². The number of ether oxygens (including phenoxy) is 2. The molecule has 1 aromatic carbocycles. The molecule has 0 amide bonds. The molecule has 2 N–H and O–H groups in total. The van der Waals surface area contributed by atoms with Gasteiger partial charge in [-0.25, -0.2) is 4.99 Å². The van der Waals surface area contributed by atoms with Gasteiger partial charge in [0.1, 0.15) is 18.1 Å². The van der Waals surface area contributed by atoms with Gasteiger partial charge in [0.25, 0.3) is 0 Å². The Hall–Kier alpha value is -2.61. The minimum absolute atomic E-state index is 0.163. The Bertz CT molecular complexity index is 859. The van der Waals surface area contributed by atoms with Crippen LogP contribution in [0.2, 0.25) is 0 Å². The number of aryl methyl sites for hydroxylation is 1. The van der Waals surface area contributed by atoms with Crippen molar-refractivity contribution in [1.82, 2.24) is 25.4 Å². The summed E-state index contributed by atoms with van der Waals surface area (Å²) in [5, 5.41) is 15.4. The molecule has 3 unspecified atom stereocenters. The molecule has 0 bridgehead atoms. The molecule has 1 saturated heterocycles. The van der Waals surface area contributed by atoms with Crippen molar-refractivity contribution in [2.24, 2.45) is 12.0 Å². The molecular formula is C21H30N6O2. The summed E-state index contributed by atoms with van der Waals surface area (Å²) < 4.78 is 13.6. The number of rotatable bonds is 6. The zero-order valence-corrected chi connectivity index (χ0v) is 17.4. The monoisotopic (exact) mass is 398 g/mol. The first kappa shape index (κ1) is 19.7. The van der Waals surface area contributed by atoms with Gasteiger partial charge in [0.15, 0.2) is 11.8 Å². The second kappa shape index (κ2) is 8.82. The Morgan fingerprint density at radius 1 is 1.34 bits per heavy atom. The molecule has 1 aromatic heterocycles. The van der Waals surface area contributed by atoms with E-state index in [0.717, 1.165) is 49.4 Å². The van der Waals surface area contributed by atoms with E-state index in [0.29, 0.717) is 13.2 Å². The van der Waals surface area contributed by atoms with Gasteiger partial charge < -0.3 is 24.7 Å². The fourth-order valence-corrected chi connectivity index (χ4v) is 3.82. The molecule has 3 heterocycles. The van der Waals surface area contributed by atoms with Crippen molar-refractivity contribution in [3.63, 3.8) is 0 Å². The smallest absolute Gasteiger partial charge is 0.192 e. The predicted molar refractivity (Wildman–Crippen MR) is 111 cm³/mol. The molecule has 2 aliphatic heterocycles. The molecule has 0 aliphatic carbocycles. The topological polar surface area (TPSA) is 85.6 Å². The number of para-hydroxylation sites is 1. The summed E-state index contributed by atoms with van der Waals surface area (Å²) in [4.78, 5) is 4.77. The van der Waals surface area contributed by atoms with Crippen LogP contribution in [-0.4, -0.2) is 52.6 Å². The maximum Gasteiger partial charge on any atom is 0.192 e. The van der Waals surface area contributed by atoms with E-state index in [1.165, 1.54) is 5.56 Å². The highest BCUT2D eigenvalue weighted by Gasteiger charge is 2.29. The molecule has 29 heavy (non-hydrogen) atoms. The molecule has 2 aromatic rings. The quantitative estimate of drug-likeness (QED) is 0.571. The molecule has 3 atom stereocenters. The molecular weight excluding hydrogens is 368 g/mol. The molecule has 0 radical (unpaired) electrons. The van der Waals surface area contributed by atoms with Crippen LogP contribution >= 0.6 is 0 Å². The van der Waals surface area contributed by atoms with E-state index >= 15 is 0 Å². The number of hydrogen-bond acceptors (Lipinski definition) is 5. The minimum atomic E-state index is 0.163. The second-order valence-electron chi connectivity index (χ2n) is 7.79. The standard InChI is InChI=1S/C21H30N6O2/c1-14(18-13-29-19-9-5-4-8-17(18)19)24-21(22-11-16-7-6-10-28-16)23-12-20-26-25-15(2)27(20)3/h4-5,8-9,14,16,18H,6-7,10-13H2,1-3H3,(H2,22,23,24). The largest absolute Gasteiger partial charge is 0.493 e. The van der Waals surface area contributed by atoms with Crippen molar-refractivity contribution in [2.45, 2.75) is 51.3 Å². The van der Waals surface area contributed by atoms with E-state index in [2.05, 4.69) is 39.9 Å². The van der Waals surface area contributed by atoms with Crippen molar-refractivity contribution < 1.29 is 9.47 Å². The zero-order valence-electron chi connectivity index (χ0n) is 17.4. The molecule has 0 spiro atoms. The van der Waals surface area contributed by atoms with Gasteiger partial charge in [0.05, 0.1) is 12.7 Å². The predicted octanol–water partition coefficient (Wildman–Crippen LogP) is 1.90. The molecule has 8 nitrogen and oxygen atoms in total. The van der Waals surface area contributed by atoms with E-state index in [1.807, 2.05) is 30.7 Å². The number of nitrogens with one attached hydrogen (secondary N) is 2. The van der Waals surface area contributed by atoms with E-state index in [-0.39, 0.29) is 18.1 Å². The van der Waals surface area contributed by atoms with E-state index in [1.54, 1.807) is 0 Å². The van der Waals surface area contributed by atoms with Crippen LogP contribution in [-0.2, 0) is 18.3 Å². The summed E-state index contributed by atoms with van der Waals surface area (Å²) in [6, 6.07) is 8.41. The van der Waals surface area contributed by atoms with Gasteiger partial charge in [0.2, 0.25) is 0 Å². The third-order valence-corrected chi connectivity index (χ3v) is 5.79. The number of fused-ring (bicyclic) bond motifs is 1. The number of nitrogens with zero attached hydrogens (tertiary/aromatic N) is 4. The lowest BCUT2D eigenvalue weighted by atomic mass is 9.94. The number of guanidine groups is 1. The second-order valence-corrected chi connectivity index (χ2v) is 7.79. The lowest BCUT2D eigenvalue weighted by Gasteiger charge is -2.23. The van der Waals surface area contributed by atoms with Crippen LogP contribution in [0.1, 0.15) is 42.9 Å². The van der Waals surface area contributed by atoms with Crippen molar-refractivity contribution in [3.8, 4) is 5.75 Å². The van der Waals surface area contributed by atoms with Crippen molar-refractivity contribution in [2.75, 3.05) is 19.8 Å². The normalized spacial score (nSPS) is 22.2. The van der Waals surface area contributed by atoms with Crippen LogP contribution in [0.3, 0.4) is 0 Å². The van der Waals surface area contributed by atoms with Gasteiger partial charge in [0, 0.05) is 37.7 Å². The third-order valence-electron chi connectivity index (χ3n) is 5.79. The zero-order chi connectivity index (χ0) is 20.2. The van der Waals surface area contributed by atoms with Crippen LogP contribution in [0.15, 0.2) is 29.3 Å². The van der Waals surface area contributed by atoms with E-state index < -0.39 is 0 Å². The first-order valence-electron chi connectivity index (χ1n) is 10.3. The van der Waals surface area contributed by atoms with Crippen molar-refractivity contribution in [3.05, 3.63) is 41.5 Å². The Kier molecular flexibility index (Phi) is 5.99. The average molecular weight is 399 g/mol. The summed E-state index contributed by atoms with van der Waals surface area (Å²) in [7, 11) is 1.96. The summed E-state index contributed by atoms with van der Waals surface area (Å²) in [6.45, 7) is 6.84. The lowest BCUT2D eigenvalue weighted by molar-refractivity contribution is 0.113. The minimum Gasteiger partial charge on any atom is -0.493 e. The summed E-state index contributed by atoms with van der Waals surface area (Å²) in [5.41, 5.74) is 1.25. The number of hydrogen-bond donors (Lipinski definition) is 2. The van der Waals surface area contributed by atoms with Crippen LogP contribution in [0.4, 0.5) is 0 Å². The fourth-order valence-electron chi connectivity index (χ4n) is 3.82. The SMILES string of the molecule is Cc1nnc(CN=C(NCC2CCCO2)NC(C)C2COc3ccccc32)n1C. The van der Waals surface area contributed by atoms with E-state index in [9.17, 15) is 0 Å². The molecule has 156 valence electrons. The van der Waals surface area contributed by atoms with Crippen LogP contribution in [0, 0.1) is 6.92 Å². The molecule has 2 aliphatic rings. The maximum absolute atomic E-state index is 5.86. The van der Waals surface area contributed by atoms with Crippen LogP contribution < -0.4 is 15.4 Å². The highest BCUT2D eigenvalue weighted by atomic mass is 16.5. The summed E-state index contributed by atoms with van der Waals surface area (Å²) >= 11 is 0. The molecule has 4 rings (SSSR count). The number of aliphatic imine (C=N–C) groups is 1.